The van der Waals surface area contributed by atoms with Crippen LogP contribution in [-0.2, 0) is 28.9 Å². The van der Waals surface area contributed by atoms with Crippen molar-refractivity contribution in [1.82, 2.24) is 0 Å². The first-order valence-corrected chi connectivity index (χ1v) is 12.7. The first-order chi connectivity index (χ1) is 18.9. The molecule has 0 fully saturated rings. The number of ether oxygens (including phenoxy) is 7. The number of phenols is 2. The fourth-order valence-electron chi connectivity index (χ4n) is 5.73. The average molecular weight is 539 g/mol. The lowest BCUT2D eigenvalue weighted by Crippen LogP contribution is -2.25. The van der Waals surface area contributed by atoms with Gasteiger partial charge in [-0.25, -0.2) is 0 Å². The highest BCUT2D eigenvalue weighted by Gasteiger charge is 2.36. The summed E-state index contributed by atoms with van der Waals surface area (Å²) in [6, 6.07) is 7.05. The van der Waals surface area contributed by atoms with E-state index in [4.69, 9.17) is 33.2 Å². The zero-order valence-corrected chi connectivity index (χ0v) is 23.0. The highest BCUT2D eigenvalue weighted by Crippen LogP contribution is 2.53. The van der Waals surface area contributed by atoms with Crippen LogP contribution in [0.5, 0.6) is 40.2 Å². The van der Waals surface area contributed by atoms with E-state index in [-0.39, 0.29) is 17.6 Å². The first-order valence-electron chi connectivity index (χ1n) is 12.7. The summed E-state index contributed by atoms with van der Waals surface area (Å²) >= 11 is 0. The third-order valence-corrected chi connectivity index (χ3v) is 7.47. The third kappa shape index (κ3) is 4.45. The van der Waals surface area contributed by atoms with Gasteiger partial charge in [-0.2, -0.15) is 0 Å². The van der Waals surface area contributed by atoms with Crippen LogP contribution in [0.3, 0.4) is 0 Å². The van der Waals surface area contributed by atoms with Crippen molar-refractivity contribution in [3.05, 3.63) is 52.1 Å². The molecule has 2 heterocycles. The number of rotatable bonds is 7. The van der Waals surface area contributed by atoms with E-state index in [0.29, 0.717) is 65.9 Å². The second-order valence-electron chi connectivity index (χ2n) is 9.59. The van der Waals surface area contributed by atoms with Crippen LogP contribution in [0.25, 0.3) is 11.1 Å². The van der Waals surface area contributed by atoms with Gasteiger partial charge < -0.3 is 43.4 Å². The van der Waals surface area contributed by atoms with E-state index < -0.39 is 6.10 Å². The van der Waals surface area contributed by atoms with E-state index in [1.807, 2.05) is 13.0 Å². The number of benzene rings is 3. The minimum atomic E-state index is -0.716. The minimum Gasteiger partial charge on any atom is -0.504 e. The molecule has 2 N–H and O–H groups in total. The lowest BCUT2D eigenvalue weighted by molar-refractivity contribution is 0.00567. The van der Waals surface area contributed by atoms with Crippen LogP contribution in [0.1, 0.15) is 40.8 Å². The number of fused-ring (bicyclic) bond motifs is 2. The Morgan fingerprint density at radius 2 is 1.44 bits per heavy atom. The summed E-state index contributed by atoms with van der Waals surface area (Å²) in [5.74, 6) is 2.19. The zero-order chi connectivity index (χ0) is 27.8. The fraction of sp³-hybridized carbons (Fsp3) is 0.400. The smallest absolute Gasteiger partial charge is 0.203 e. The van der Waals surface area contributed by atoms with E-state index in [1.165, 1.54) is 0 Å². The second-order valence-corrected chi connectivity index (χ2v) is 9.59. The quantitative estimate of drug-likeness (QED) is 0.405. The van der Waals surface area contributed by atoms with Crippen molar-refractivity contribution >= 4 is 0 Å². The van der Waals surface area contributed by atoms with Crippen molar-refractivity contribution in [2.45, 2.75) is 38.6 Å². The van der Waals surface area contributed by atoms with Crippen molar-refractivity contribution < 1.29 is 43.4 Å². The van der Waals surface area contributed by atoms with Gasteiger partial charge in [0.1, 0.15) is 17.6 Å². The molecule has 208 valence electrons. The van der Waals surface area contributed by atoms with Crippen molar-refractivity contribution in [2.75, 3.05) is 42.2 Å². The van der Waals surface area contributed by atoms with Gasteiger partial charge in [0.15, 0.2) is 23.0 Å². The van der Waals surface area contributed by atoms with Gasteiger partial charge in [-0.3, -0.25) is 0 Å². The molecule has 3 aromatic carbocycles. The van der Waals surface area contributed by atoms with Gasteiger partial charge in [0, 0.05) is 22.8 Å². The molecule has 5 rings (SSSR count). The highest BCUT2D eigenvalue weighted by atomic mass is 16.5. The van der Waals surface area contributed by atoms with Gasteiger partial charge in [0.2, 0.25) is 5.75 Å². The molecule has 3 aromatic rings. The molecule has 9 heteroatoms. The summed E-state index contributed by atoms with van der Waals surface area (Å²) in [6.07, 6.45) is 0.246. The van der Waals surface area contributed by atoms with Crippen molar-refractivity contribution in [3.63, 3.8) is 0 Å². The maximum Gasteiger partial charge on any atom is 0.203 e. The SMILES string of the molecule is COc1cc(OC)c(-c2cc(O)c(O)c3c2CC(C)OC3c2cc(OC)c(OC)c(OC)c2)c2c1COCC2. The second kappa shape index (κ2) is 10.7. The van der Waals surface area contributed by atoms with Crippen LogP contribution in [0.4, 0.5) is 0 Å². The van der Waals surface area contributed by atoms with Crippen LogP contribution in [0, 0.1) is 0 Å². The maximum absolute atomic E-state index is 11.2. The van der Waals surface area contributed by atoms with Crippen LogP contribution in [-0.4, -0.2) is 58.5 Å². The topological polar surface area (TPSA) is 105 Å². The Kier molecular flexibility index (Phi) is 7.38. The zero-order valence-electron chi connectivity index (χ0n) is 23.0. The molecule has 0 aliphatic carbocycles. The molecular weight excluding hydrogens is 504 g/mol. The van der Waals surface area contributed by atoms with E-state index in [0.717, 1.165) is 27.8 Å². The number of aromatic hydroxyl groups is 2. The Morgan fingerprint density at radius 1 is 0.769 bits per heavy atom. The summed E-state index contributed by atoms with van der Waals surface area (Å²) < 4.78 is 40.3. The molecule has 0 radical (unpaired) electrons. The molecule has 39 heavy (non-hydrogen) atoms. The van der Waals surface area contributed by atoms with Crippen LogP contribution >= 0.6 is 0 Å². The third-order valence-electron chi connectivity index (χ3n) is 7.47. The Balaban J connectivity index is 1.79. The van der Waals surface area contributed by atoms with Crippen LogP contribution in [0.2, 0.25) is 0 Å². The summed E-state index contributed by atoms with van der Waals surface area (Å²) in [6.45, 7) is 2.95. The van der Waals surface area contributed by atoms with Gasteiger partial charge in [-0.15, -0.1) is 0 Å². The van der Waals surface area contributed by atoms with Gasteiger partial charge >= 0.3 is 0 Å². The molecule has 0 saturated carbocycles. The number of hydrogen-bond donors (Lipinski definition) is 2. The van der Waals surface area contributed by atoms with Gasteiger partial charge in [-0.1, -0.05) is 0 Å². The normalized spacial score (nSPS) is 18.1. The monoisotopic (exact) mass is 538 g/mol. The van der Waals surface area contributed by atoms with Crippen molar-refractivity contribution in [2.24, 2.45) is 0 Å². The molecule has 2 aliphatic rings. The molecule has 9 nitrogen and oxygen atoms in total. The minimum absolute atomic E-state index is 0.201. The molecule has 2 atom stereocenters. The molecule has 2 unspecified atom stereocenters. The lowest BCUT2D eigenvalue weighted by atomic mass is 9.81. The molecular formula is C30H34O9. The largest absolute Gasteiger partial charge is 0.504 e. The van der Waals surface area contributed by atoms with Crippen molar-refractivity contribution in [1.29, 1.82) is 0 Å². The fourth-order valence-corrected chi connectivity index (χ4v) is 5.73. The summed E-state index contributed by atoms with van der Waals surface area (Å²) in [5, 5.41) is 22.3. The van der Waals surface area contributed by atoms with E-state index in [1.54, 1.807) is 53.7 Å². The van der Waals surface area contributed by atoms with Gasteiger partial charge in [0.25, 0.3) is 0 Å². The van der Waals surface area contributed by atoms with E-state index >= 15 is 0 Å². The van der Waals surface area contributed by atoms with E-state index in [9.17, 15) is 10.2 Å². The first kappa shape index (κ1) is 26.8. The Labute approximate surface area is 227 Å². The average Bonchev–Trinajstić information content (AvgIpc) is 2.96. The van der Waals surface area contributed by atoms with Crippen LogP contribution in [0.15, 0.2) is 24.3 Å². The standard InChI is InChI=1S/C30H34O9/c1-15-9-18-19(26-17-7-8-38-14-20(17)22(33-2)13-23(26)34-3)12-21(31)28(32)27(18)29(39-15)16-10-24(35-4)30(37-6)25(11-16)36-5/h10-13,15,29,31-32H,7-9,14H2,1-6H3. The maximum atomic E-state index is 11.2. The van der Waals surface area contributed by atoms with E-state index in [2.05, 4.69) is 0 Å². The Bertz CT molecular complexity index is 1370. The Hall–Kier alpha value is -3.82. The molecule has 0 aromatic heterocycles. The predicted octanol–water partition coefficient (Wildman–Crippen LogP) is 4.93. The van der Waals surface area contributed by atoms with Gasteiger partial charge in [-0.05, 0) is 60.2 Å². The molecule has 2 aliphatic heterocycles. The molecule has 0 bridgehead atoms. The highest BCUT2D eigenvalue weighted by molar-refractivity contribution is 5.83. The summed E-state index contributed by atoms with van der Waals surface area (Å²) in [5.41, 5.74) is 5.62. The van der Waals surface area contributed by atoms with Gasteiger partial charge in [0.05, 0.1) is 54.9 Å². The number of hydrogen-bond acceptors (Lipinski definition) is 9. The number of phenolic OH excluding ortho intramolecular Hbond substituents is 2. The van der Waals surface area contributed by atoms with Crippen molar-refractivity contribution in [3.8, 4) is 51.4 Å². The number of methoxy groups -OCH3 is 5. The lowest BCUT2D eigenvalue weighted by Gasteiger charge is -2.34. The molecule has 0 saturated heterocycles. The summed E-state index contributed by atoms with van der Waals surface area (Å²) in [7, 11) is 7.87. The molecule has 0 spiro atoms. The Morgan fingerprint density at radius 3 is 2.05 bits per heavy atom. The van der Waals surface area contributed by atoms with Crippen LogP contribution < -0.4 is 23.7 Å². The molecule has 0 amide bonds. The predicted molar refractivity (Wildman–Crippen MR) is 144 cm³/mol. The summed E-state index contributed by atoms with van der Waals surface area (Å²) in [4.78, 5) is 0.